The van der Waals surface area contributed by atoms with E-state index >= 15 is 0 Å². The molecule has 5 heterocycles. The predicted octanol–water partition coefficient (Wildman–Crippen LogP) is 3.98. The molecule has 9 nitrogen and oxygen atoms in total. The number of amides is 1. The van der Waals surface area contributed by atoms with Crippen LogP contribution in [0.15, 0.2) is 48.8 Å². The number of esters is 1. The van der Waals surface area contributed by atoms with Gasteiger partial charge in [0.15, 0.2) is 5.69 Å². The fraction of sp³-hybridized carbons (Fsp3) is 0.333. The molecular formula is C27H26F2N6O3. The monoisotopic (exact) mass is 520 g/mol. The van der Waals surface area contributed by atoms with E-state index in [1.807, 2.05) is 12.1 Å². The van der Waals surface area contributed by atoms with Gasteiger partial charge in [0.05, 0.1) is 48.7 Å². The minimum atomic E-state index is -0.485. The van der Waals surface area contributed by atoms with Gasteiger partial charge in [-0.25, -0.2) is 18.1 Å². The van der Waals surface area contributed by atoms with Crippen LogP contribution in [0.25, 0.3) is 5.52 Å². The molecule has 11 heteroatoms. The number of anilines is 1. The van der Waals surface area contributed by atoms with Crippen molar-refractivity contribution in [3.63, 3.8) is 0 Å². The Morgan fingerprint density at radius 3 is 2.82 bits per heavy atom. The van der Waals surface area contributed by atoms with Gasteiger partial charge in [-0.3, -0.25) is 9.48 Å². The first-order chi connectivity index (χ1) is 18.4. The SMILES string of the molecule is CCOC(=O)c1cc2n(n1)CCN(C(=O)c1cnn3ccc(N4CCC[C@@H]4c4cc(F)ccc4F)cc13)C2. The number of aromatic nitrogens is 4. The normalized spacial score (nSPS) is 17.2. The van der Waals surface area contributed by atoms with Gasteiger partial charge in [0, 0.05) is 30.5 Å². The molecule has 1 amide bonds. The fourth-order valence-corrected chi connectivity index (χ4v) is 5.40. The number of pyridine rings is 1. The summed E-state index contributed by atoms with van der Waals surface area (Å²) in [7, 11) is 0. The van der Waals surface area contributed by atoms with E-state index in [4.69, 9.17) is 4.74 Å². The second-order valence-corrected chi connectivity index (χ2v) is 9.48. The van der Waals surface area contributed by atoms with Crippen molar-refractivity contribution in [2.24, 2.45) is 0 Å². The Morgan fingerprint density at radius 1 is 1.11 bits per heavy atom. The van der Waals surface area contributed by atoms with Crippen molar-refractivity contribution in [2.45, 2.75) is 38.9 Å². The van der Waals surface area contributed by atoms with Gasteiger partial charge in [-0.15, -0.1) is 0 Å². The van der Waals surface area contributed by atoms with Crippen LogP contribution in [0.1, 0.15) is 57.9 Å². The van der Waals surface area contributed by atoms with Gasteiger partial charge in [-0.2, -0.15) is 10.2 Å². The fourth-order valence-electron chi connectivity index (χ4n) is 5.40. The summed E-state index contributed by atoms with van der Waals surface area (Å²) >= 11 is 0. The molecule has 38 heavy (non-hydrogen) atoms. The number of carbonyl (C=O) groups is 2. The quantitative estimate of drug-likeness (QED) is 0.370. The highest BCUT2D eigenvalue weighted by molar-refractivity contribution is 6.01. The van der Waals surface area contributed by atoms with E-state index in [2.05, 4.69) is 15.1 Å². The summed E-state index contributed by atoms with van der Waals surface area (Å²) in [4.78, 5) is 29.4. The van der Waals surface area contributed by atoms with Crippen LogP contribution in [-0.2, 0) is 17.8 Å². The number of hydrogen-bond acceptors (Lipinski definition) is 6. The Balaban J connectivity index is 1.27. The van der Waals surface area contributed by atoms with Gasteiger partial charge in [0.2, 0.25) is 0 Å². The molecule has 1 atom stereocenters. The second-order valence-electron chi connectivity index (χ2n) is 9.48. The number of nitrogens with zero attached hydrogens (tertiary/aromatic N) is 6. The summed E-state index contributed by atoms with van der Waals surface area (Å²) in [5, 5.41) is 8.67. The third-order valence-electron chi connectivity index (χ3n) is 7.21. The van der Waals surface area contributed by atoms with Crippen LogP contribution in [0, 0.1) is 11.6 Å². The lowest BCUT2D eigenvalue weighted by Crippen LogP contribution is -2.38. The van der Waals surface area contributed by atoms with Crippen LogP contribution < -0.4 is 4.90 Å². The summed E-state index contributed by atoms with van der Waals surface area (Å²) in [5.41, 5.74) is 3.20. The van der Waals surface area contributed by atoms with Crippen LogP contribution in [0.3, 0.4) is 0 Å². The van der Waals surface area contributed by atoms with Gasteiger partial charge < -0.3 is 14.5 Å². The van der Waals surface area contributed by atoms with E-state index < -0.39 is 17.6 Å². The molecule has 196 valence electrons. The van der Waals surface area contributed by atoms with Crippen molar-refractivity contribution in [3.05, 3.63) is 82.9 Å². The van der Waals surface area contributed by atoms with Crippen LogP contribution in [0.4, 0.5) is 14.5 Å². The van der Waals surface area contributed by atoms with E-state index in [-0.39, 0.29) is 24.2 Å². The van der Waals surface area contributed by atoms with Crippen LogP contribution in [0.5, 0.6) is 0 Å². The van der Waals surface area contributed by atoms with E-state index in [0.29, 0.717) is 49.2 Å². The topological polar surface area (TPSA) is 85.0 Å². The third-order valence-corrected chi connectivity index (χ3v) is 7.21. The molecule has 0 spiro atoms. The van der Waals surface area contributed by atoms with E-state index in [1.54, 1.807) is 39.5 Å². The Hall–Kier alpha value is -4.28. The number of fused-ring (bicyclic) bond motifs is 2. The van der Waals surface area contributed by atoms with E-state index in [9.17, 15) is 18.4 Å². The minimum Gasteiger partial charge on any atom is -0.461 e. The second kappa shape index (κ2) is 9.55. The largest absolute Gasteiger partial charge is 0.461 e. The first kappa shape index (κ1) is 24.1. The highest BCUT2D eigenvalue weighted by Crippen LogP contribution is 2.38. The minimum absolute atomic E-state index is 0.184. The first-order valence-corrected chi connectivity index (χ1v) is 12.6. The van der Waals surface area contributed by atoms with Crippen LogP contribution in [0.2, 0.25) is 0 Å². The average molecular weight is 521 g/mol. The molecule has 1 aromatic carbocycles. The van der Waals surface area contributed by atoms with Gasteiger partial charge in [0.1, 0.15) is 11.6 Å². The van der Waals surface area contributed by atoms with Gasteiger partial charge >= 0.3 is 5.97 Å². The molecule has 4 aromatic rings. The molecule has 0 radical (unpaired) electrons. The van der Waals surface area contributed by atoms with E-state index in [1.165, 1.54) is 12.1 Å². The molecule has 0 N–H and O–H groups in total. The molecule has 1 fully saturated rings. The molecular weight excluding hydrogens is 494 g/mol. The summed E-state index contributed by atoms with van der Waals surface area (Å²) in [6.07, 6.45) is 4.86. The summed E-state index contributed by atoms with van der Waals surface area (Å²) in [6.45, 7) is 3.87. The molecule has 2 aliphatic heterocycles. The zero-order valence-corrected chi connectivity index (χ0v) is 20.8. The molecule has 0 saturated carbocycles. The average Bonchev–Trinajstić information content (AvgIpc) is 3.67. The van der Waals surface area contributed by atoms with Gasteiger partial charge in [-0.05, 0) is 56.2 Å². The third kappa shape index (κ3) is 4.17. The molecule has 0 unspecified atom stereocenters. The maximum atomic E-state index is 14.6. The van der Waals surface area contributed by atoms with Crippen LogP contribution in [-0.4, -0.2) is 55.9 Å². The van der Waals surface area contributed by atoms with E-state index in [0.717, 1.165) is 23.9 Å². The Morgan fingerprint density at radius 2 is 1.97 bits per heavy atom. The van der Waals surface area contributed by atoms with Crippen molar-refractivity contribution >= 4 is 23.1 Å². The number of ether oxygens (including phenoxy) is 1. The number of carbonyl (C=O) groups excluding carboxylic acids is 2. The Kier molecular flexibility index (Phi) is 6.05. The summed E-state index contributed by atoms with van der Waals surface area (Å²) in [5.74, 6) is -1.57. The zero-order valence-electron chi connectivity index (χ0n) is 20.8. The van der Waals surface area contributed by atoms with Crippen molar-refractivity contribution in [1.29, 1.82) is 0 Å². The number of halogens is 2. The maximum absolute atomic E-state index is 14.6. The number of rotatable bonds is 5. The number of benzene rings is 1. The highest BCUT2D eigenvalue weighted by Gasteiger charge is 2.30. The van der Waals surface area contributed by atoms with Gasteiger partial charge in [0.25, 0.3) is 5.91 Å². The maximum Gasteiger partial charge on any atom is 0.358 e. The van der Waals surface area contributed by atoms with Crippen molar-refractivity contribution in [1.82, 2.24) is 24.3 Å². The lowest BCUT2D eigenvalue weighted by Gasteiger charge is -2.28. The lowest BCUT2D eigenvalue weighted by molar-refractivity contribution is 0.0517. The van der Waals surface area contributed by atoms with Crippen molar-refractivity contribution in [2.75, 3.05) is 24.6 Å². The molecule has 2 aliphatic rings. The van der Waals surface area contributed by atoms with Crippen LogP contribution >= 0.6 is 0 Å². The Bertz CT molecular complexity index is 1550. The zero-order chi connectivity index (χ0) is 26.4. The highest BCUT2D eigenvalue weighted by atomic mass is 19.1. The molecule has 6 rings (SSSR count). The summed E-state index contributed by atoms with van der Waals surface area (Å²) in [6, 6.07) is 8.66. The Labute approximate surface area is 217 Å². The first-order valence-electron chi connectivity index (χ1n) is 12.6. The molecule has 0 aliphatic carbocycles. The standard InChI is InChI=1S/C27H26F2N6O3/c1-2-38-27(37)23-13-19-16-32(10-11-34(19)31-23)26(36)21-15-30-35-9-7-18(14-25(21)35)33-8-3-4-24(33)20-12-17(28)5-6-22(20)29/h5-7,9,12-15,24H,2-4,8,10-11,16H2,1H3/t24-/m1/s1. The molecule has 3 aromatic heterocycles. The van der Waals surface area contributed by atoms with Gasteiger partial charge in [-0.1, -0.05) is 0 Å². The lowest BCUT2D eigenvalue weighted by atomic mass is 10.0. The number of hydrogen-bond donors (Lipinski definition) is 0. The van der Waals surface area contributed by atoms with Crippen molar-refractivity contribution in [3.8, 4) is 0 Å². The predicted molar refractivity (Wildman–Crippen MR) is 134 cm³/mol. The molecule has 0 bridgehead atoms. The van der Waals surface area contributed by atoms with Crippen molar-refractivity contribution < 1.29 is 23.1 Å². The smallest absolute Gasteiger partial charge is 0.358 e. The molecule has 1 saturated heterocycles. The summed E-state index contributed by atoms with van der Waals surface area (Å²) < 4.78 is 36.9.